The molecule has 1 unspecified atom stereocenters. The van der Waals surface area contributed by atoms with Crippen LogP contribution in [0.2, 0.25) is 0 Å². The van der Waals surface area contributed by atoms with Crippen molar-refractivity contribution in [3.63, 3.8) is 0 Å². The molecule has 0 saturated carbocycles. The van der Waals surface area contributed by atoms with Crippen LogP contribution in [0.25, 0.3) is 0 Å². The lowest BCUT2D eigenvalue weighted by Crippen LogP contribution is -2.29. The number of rotatable bonds is 6. The largest absolute Gasteiger partial charge is 0.357 e. The number of nitrogens with zero attached hydrogens (tertiary/aromatic N) is 3. The molecule has 0 aliphatic rings. The van der Waals surface area contributed by atoms with Crippen LogP contribution in [0.5, 0.6) is 0 Å². The number of aromatic nitrogens is 2. The fourth-order valence-corrected chi connectivity index (χ4v) is 1.97. The van der Waals surface area contributed by atoms with E-state index in [1.165, 1.54) is 11.8 Å². The molecule has 0 aromatic carbocycles. The highest BCUT2D eigenvalue weighted by Crippen LogP contribution is 2.21. The molecule has 0 bridgehead atoms. The zero-order valence-corrected chi connectivity index (χ0v) is 11.7. The highest BCUT2D eigenvalue weighted by Gasteiger charge is 2.12. The summed E-state index contributed by atoms with van der Waals surface area (Å²) in [7, 11) is 2.05. The number of hydrazine groups is 1. The van der Waals surface area contributed by atoms with E-state index in [-0.39, 0.29) is 0 Å². The predicted octanol–water partition coefficient (Wildman–Crippen LogP) is 2.11. The van der Waals surface area contributed by atoms with Crippen molar-refractivity contribution in [2.75, 3.05) is 23.6 Å². The number of hydrogen-bond acceptors (Lipinski definition) is 6. The van der Waals surface area contributed by atoms with Gasteiger partial charge in [-0.1, -0.05) is 25.1 Å². The van der Waals surface area contributed by atoms with Gasteiger partial charge in [-0.2, -0.15) is 0 Å². The van der Waals surface area contributed by atoms with Crippen LogP contribution < -0.4 is 16.2 Å². The fourth-order valence-electron chi connectivity index (χ4n) is 1.60. The van der Waals surface area contributed by atoms with Crippen LogP contribution in [0.3, 0.4) is 0 Å². The third kappa shape index (κ3) is 3.74. The molecule has 0 aliphatic heterocycles. The van der Waals surface area contributed by atoms with E-state index in [4.69, 9.17) is 5.84 Å². The maximum Gasteiger partial charge on any atom is 0.191 e. The van der Waals surface area contributed by atoms with Gasteiger partial charge in [-0.25, -0.2) is 15.8 Å². The summed E-state index contributed by atoms with van der Waals surface area (Å²) in [6.07, 6.45) is 4.25. The number of nitrogen functional groups attached to an aromatic ring is 1. The molecule has 0 amide bonds. The number of anilines is 2. The summed E-state index contributed by atoms with van der Waals surface area (Å²) in [6, 6.07) is 2.32. The first kappa shape index (κ1) is 14.1. The molecule has 1 aromatic heterocycles. The molecule has 0 radical (unpaired) electrons. The van der Waals surface area contributed by atoms with Gasteiger partial charge >= 0.3 is 0 Å². The first-order valence-electron chi connectivity index (χ1n) is 5.74. The molecule has 5 nitrogen and oxygen atoms in total. The Morgan fingerprint density at radius 2 is 2.24 bits per heavy atom. The van der Waals surface area contributed by atoms with E-state index < -0.39 is 0 Å². The Labute approximate surface area is 107 Å². The van der Waals surface area contributed by atoms with Crippen molar-refractivity contribution in [2.45, 2.75) is 37.9 Å². The Kier molecular flexibility index (Phi) is 5.50. The lowest BCUT2D eigenvalue weighted by atomic mass is 10.2. The number of nitrogens with one attached hydrogen (secondary N) is 1. The Hall–Kier alpha value is -1.01. The molecule has 0 aliphatic carbocycles. The normalized spacial score (nSPS) is 12.3. The molecule has 0 spiro atoms. The van der Waals surface area contributed by atoms with E-state index in [0.29, 0.717) is 11.9 Å². The molecule has 96 valence electrons. The molecular weight excluding hydrogens is 234 g/mol. The topological polar surface area (TPSA) is 67.1 Å². The summed E-state index contributed by atoms with van der Waals surface area (Å²) in [5.41, 5.74) is 2.58. The summed E-state index contributed by atoms with van der Waals surface area (Å²) in [4.78, 5) is 10.9. The van der Waals surface area contributed by atoms with Crippen molar-refractivity contribution >= 4 is 23.4 Å². The van der Waals surface area contributed by atoms with Crippen LogP contribution in [0.1, 0.15) is 26.7 Å². The van der Waals surface area contributed by atoms with Crippen LogP contribution in [0, 0.1) is 0 Å². The van der Waals surface area contributed by atoms with Crippen molar-refractivity contribution in [1.82, 2.24) is 9.97 Å². The van der Waals surface area contributed by atoms with Crippen molar-refractivity contribution < 1.29 is 0 Å². The maximum absolute atomic E-state index is 5.41. The lowest BCUT2D eigenvalue weighted by molar-refractivity contribution is 0.608. The third-order valence-electron chi connectivity index (χ3n) is 2.75. The number of thioether (sulfide) groups is 1. The Morgan fingerprint density at radius 1 is 1.53 bits per heavy atom. The van der Waals surface area contributed by atoms with Crippen molar-refractivity contribution in [3.8, 4) is 0 Å². The van der Waals surface area contributed by atoms with Crippen molar-refractivity contribution in [3.05, 3.63) is 6.07 Å². The van der Waals surface area contributed by atoms with Crippen LogP contribution >= 0.6 is 11.8 Å². The van der Waals surface area contributed by atoms with Gasteiger partial charge in [-0.05, 0) is 19.6 Å². The van der Waals surface area contributed by atoms with Gasteiger partial charge in [0.1, 0.15) is 11.6 Å². The molecule has 1 aromatic rings. The molecule has 0 saturated heterocycles. The molecule has 0 fully saturated rings. The van der Waals surface area contributed by atoms with Crippen molar-refractivity contribution in [2.24, 2.45) is 5.84 Å². The predicted molar refractivity (Wildman–Crippen MR) is 74.4 cm³/mol. The fraction of sp³-hybridized carbons (Fsp3) is 0.636. The molecule has 1 heterocycles. The van der Waals surface area contributed by atoms with E-state index in [9.17, 15) is 0 Å². The first-order chi connectivity index (χ1) is 8.12. The second-order valence-corrected chi connectivity index (χ2v) is 4.76. The molecule has 1 atom stereocenters. The van der Waals surface area contributed by atoms with E-state index in [1.807, 2.05) is 19.4 Å². The highest BCUT2D eigenvalue weighted by molar-refractivity contribution is 7.98. The second kappa shape index (κ2) is 6.66. The number of nitrogens with two attached hydrogens (primary N) is 1. The van der Waals surface area contributed by atoms with Gasteiger partial charge in [0.15, 0.2) is 5.16 Å². The van der Waals surface area contributed by atoms with Gasteiger partial charge in [-0.15, -0.1) is 0 Å². The van der Waals surface area contributed by atoms with E-state index in [0.717, 1.165) is 23.8 Å². The number of hydrogen-bond donors (Lipinski definition) is 2. The van der Waals surface area contributed by atoms with Crippen molar-refractivity contribution in [1.29, 1.82) is 0 Å². The summed E-state index contributed by atoms with van der Waals surface area (Å²) < 4.78 is 0. The van der Waals surface area contributed by atoms with E-state index in [1.54, 1.807) is 0 Å². The molecule has 6 heteroatoms. The highest BCUT2D eigenvalue weighted by atomic mass is 32.2. The van der Waals surface area contributed by atoms with Crippen LogP contribution in [-0.4, -0.2) is 29.3 Å². The zero-order valence-electron chi connectivity index (χ0n) is 10.9. The second-order valence-electron chi connectivity index (χ2n) is 3.99. The average Bonchev–Trinajstić information content (AvgIpc) is 2.37. The molecule has 1 rings (SSSR count). The summed E-state index contributed by atoms with van der Waals surface area (Å²) in [5, 5.41) is 0.728. The summed E-state index contributed by atoms with van der Waals surface area (Å²) in [6.45, 7) is 4.38. The minimum Gasteiger partial charge on any atom is -0.357 e. The van der Waals surface area contributed by atoms with Crippen LogP contribution in [0.15, 0.2) is 11.2 Å². The standard InChI is InChI=1S/C11H21N5S/c1-5-6-8(2)16(3)10-7-9(15-12)13-11(14-10)17-4/h7-8H,5-6,12H2,1-4H3,(H,13,14,15). The monoisotopic (exact) mass is 255 g/mol. The van der Waals surface area contributed by atoms with Gasteiger partial charge in [0, 0.05) is 19.2 Å². The van der Waals surface area contributed by atoms with Gasteiger partial charge in [0.05, 0.1) is 0 Å². The SMILES string of the molecule is CCCC(C)N(C)c1cc(NN)nc(SC)n1. The van der Waals surface area contributed by atoms with Crippen LogP contribution in [-0.2, 0) is 0 Å². The minimum absolute atomic E-state index is 0.454. The minimum atomic E-state index is 0.454. The van der Waals surface area contributed by atoms with E-state index >= 15 is 0 Å². The van der Waals surface area contributed by atoms with Gasteiger partial charge in [0.25, 0.3) is 0 Å². The first-order valence-corrected chi connectivity index (χ1v) is 6.97. The van der Waals surface area contributed by atoms with Gasteiger partial charge < -0.3 is 10.3 Å². The Morgan fingerprint density at radius 3 is 2.76 bits per heavy atom. The lowest BCUT2D eigenvalue weighted by Gasteiger charge is -2.26. The van der Waals surface area contributed by atoms with E-state index in [2.05, 4.69) is 34.1 Å². The maximum atomic E-state index is 5.41. The third-order valence-corrected chi connectivity index (χ3v) is 3.30. The zero-order chi connectivity index (χ0) is 12.8. The van der Waals surface area contributed by atoms with Crippen LogP contribution in [0.4, 0.5) is 11.6 Å². The summed E-state index contributed by atoms with van der Waals surface area (Å²) in [5.74, 6) is 6.96. The molecular formula is C11H21N5S. The Balaban J connectivity index is 2.95. The quantitative estimate of drug-likeness (QED) is 0.351. The summed E-state index contributed by atoms with van der Waals surface area (Å²) >= 11 is 1.51. The van der Waals surface area contributed by atoms with Gasteiger partial charge in [-0.3, -0.25) is 0 Å². The Bertz CT molecular complexity index is 335. The smallest absolute Gasteiger partial charge is 0.191 e. The molecule has 17 heavy (non-hydrogen) atoms. The average molecular weight is 255 g/mol. The molecule has 3 N–H and O–H groups in total. The van der Waals surface area contributed by atoms with Gasteiger partial charge in [0.2, 0.25) is 0 Å².